The number of anilines is 1. The molecule has 0 saturated carbocycles. The van der Waals surface area contributed by atoms with E-state index in [9.17, 15) is 14.0 Å². The van der Waals surface area contributed by atoms with Gasteiger partial charge in [-0.15, -0.1) is 0 Å². The fraction of sp³-hybridized carbons (Fsp3) is 0.286. The molecule has 4 rings (SSSR count). The summed E-state index contributed by atoms with van der Waals surface area (Å²) in [6.07, 6.45) is -1.45. The van der Waals surface area contributed by atoms with Gasteiger partial charge < -0.3 is 24.3 Å². The Hall–Kier alpha value is -2.62. The number of benzene rings is 2. The second-order valence-corrected chi connectivity index (χ2v) is 8.92. The summed E-state index contributed by atoms with van der Waals surface area (Å²) in [4.78, 5) is 26.5. The number of rotatable bonds is 9. The van der Waals surface area contributed by atoms with Crippen molar-refractivity contribution in [3.05, 3.63) is 64.2 Å². The molecular weight excluding hydrogens is 474 g/mol. The first-order chi connectivity index (χ1) is 15.9. The van der Waals surface area contributed by atoms with Crippen LogP contribution in [0.15, 0.2) is 53.5 Å². The van der Waals surface area contributed by atoms with Crippen molar-refractivity contribution in [2.45, 2.75) is 24.9 Å². The van der Waals surface area contributed by atoms with Crippen molar-refractivity contribution in [1.29, 1.82) is 0 Å². The molecule has 3 N–H and O–H groups in total. The van der Waals surface area contributed by atoms with Crippen LogP contribution in [0.5, 0.6) is 5.75 Å². The molecule has 2 aromatic carbocycles. The number of aldehydes is 1. The zero-order valence-corrected chi connectivity index (χ0v) is 18.9. The van der Waals surface area contributed by atoms with Gasteiger partial charge in [-0.3, -0.25) is 4.57 Å². The van der Waals surface area contributed by atoms with Crippen LogP contribution in [0.4, 0.5) is 10.2 Å². The number of carbonyl (C=O) groups is 1. The molecule has 0 amide bonds. The van der Waals surface area contributed by atoms with Crippen LogP contribution in [0.3, 0.4) is 0 Å². The third kappa shape index (κ3) is 5.66. The smallest absolute Gasteiger partial charge is 0.351 e. The lowest BCUT2D eigenvalue weighted by Crippen LogP contribution is -2.31. The maximum Gasteiger partial charge on any atom is 0.351 e. The van der Waals surface area contributed by atoms with Gasteiger partial charge >= 0.3 is 14.2 Å². The molecule has 9 nitrogen and oxygen atoms in total. The van der Waals surface area contributed by atoms with Crippen molar-refractivity contribution >= 4 is 43.0 Å². The van der Waals surface area contributed by atoms with E-state index in [1.165, 1.54) is 6.20 Å². The summed E-state index contributed by atoms with van der Waals surface area (Å²) in [6, 6.07) is 13.4. The van der Waals surface area contributed by atoms with Gasteiger partial charge in [-0.2, -0.15) is 4.98 Å². The SMILES string of the molecule is Nc1nc(=O)n(C2OC(COP(NCC=O)Oc3ccc4ccccc4c3)CC2F)cc1Cl. The second kappa shape index (κ2) is 10.5. The first-order valence-electron chi connectivity index (χ1n) is 10.0. The summed E-state index contributed by atoms with van der Waals surface area (Å²) in [5.74, 6) is 0.421. The number of aromatic nitrogens is 2. The standard InChI is InChI=1S/C21H21ClFN4O5P/c22-17-11-27(21(29)26-19(17)24)20-18(23)10-16(31-20)12-30-33(25-7-8-28)32-15-6-5-13-3-1-2-4-14(13)9-15/h1-6,8-9,11,16,18,20,25H,7,10,12H2,(H2,24,26,29). The van der Waals surface area contributed by atoms with Crippen LogP contribution in [0, 0.1) is 0 Å². The molecule has 3 aromatic rings. The summed E-state index contributed by atoms with van der Waals surface area (Å²) in [6.45, 7) is -0.00286. The second-order valence-electron chi connectivity index (χ2n) is 7.25. The lowest BCUT2D eigenvalue weighted by molar-refractivity contribution is -0.106. The average Bonchev–Trinajstić information content (AvgIpc) is 3.18. The molecule has 33 heavy (non-hydrogen) atoms. The number of halogens is 2. The molecule has 2 heterocycles. The minimum Gasteiger partial charge on any atom is -0.436 e. The van der Waals surface area contributed by atoms with Crippen LogP contribution < -0.4 is 21.0 Å². The number of hydrogen-bond donors (Lipinski definition) is 2. The van der Waals surface area contributed by atoms with E-state index in [2.05, 4.69) is 10.1 Å². The van der Waals surface area contributed by atoms with Gasteiger partial charge in [0.15, 0.2) is 6.23 Å². The van der Waals surface area contributed by atoms with Gasteiger partial charge in [-0.25, -0.2) is 14.3 Å². The van der Waals surface area contributed by atoms with E-state index in [1.54, 1.807) is 6.07 Å². The Kier molecular flexibility index (Phi) is 7.52. The molecule has 1 aliphatic heterocycles. The Morgan fingerprint density at radius 3 is 2.91 bits per heavy atom. The van der Waals surface area contributed by atoms with Gasteiger partial charge in [-0.05, 0) is 22.9 Å². The number of hydrogen-bond acceptors (Lipinski definition) is 8. The van der Waals surface area contributed by atoms with E-state index in [4.69, 9.17) is 31.1 Å². The van der Waals surface area contributed by atoms with Gasteiger partial charge in [0.1, 0.15) is 24.0 Å². The van der Waals surface area contributed by atoms with Crippen LogP contribution in [-0.4, -0.2) is 41.3 Å². The highest BCUT2D eigenvalue weighted by Gasteiger charge is 2.38. The summed E-state index contributed by atoms with van der Waals surface area (Å²) >= 11 is 5.91. The normalized spacial score (nSPS) is 21.2. The van der Waals surface area contributed by atoms with Crippen LogP contribution in [-0.2, 0) is 14.1 Å². The zero-order valence-electron chi connectivity index (χ0n) is 17.3. The van der Waals surface area contributed by atoms with Crippen molar-refractivity contribution < 1.29 is 23.0 Å². The first kappa shape index (κ1) is 23.5. The van der Waals surface area contributed by atoms with Crippen LogP contribution >= 0.6 is 20.1 Å². The number of nitrogens with zero attached hydrogens (tertiary/aromatic N) is 2. The first-order valence-corrected chi connectivity index (χ1v) is 11.6. The summed E-state index contributed by atoms with van der Waals surface area (Å²) in [5, 5.41) is 4.94. The molecule has 1 saturated heterocycles. The highest BCUT2D eigenvalue weighted by Crippen LogP contribution is 2.39. The van der Waals surface area contributed by atoms with E-state index in [-0.39, 0.29) is 30.4 Å². The molecule has 0 bridgehead atoms. The summed E-state index contributed by atoms with van der Waals surface area (Å²) in [7, 11) is -1.72. The molecule has 12 heteroatoms. The molecule has 4 unspecified atom stereocenters. The molecule has 4 atom stereocenters. The number of fused-ring (bicyclic) bond motifs is 1. The Morgan fingerprint density at radius 1 is 1.33 bits per heavy atom. The molecule has 0 spiro atoms. The Bertz CT molecular complexity index is 1200. The molecule has 0 radical (unpaired) electrons. The minimum absolute atomic E-state index is 0.00801. The topological polar surface area (TPSA) is 118 Å². The predicted octanol–water partition coefficient (Wildman–Crippen LogP) is 3.37. The van der Waals surface area contributed by atoms with E-state index in [1.807, 2.05) is 36.4 Å². The molecule has 1 aliphatic rings. The Labute approximate surface area is 194 Å². The van der Waals surface area contributed by atoms with Crippen LogP contribution in [0.1, 0.15) is 12.6 Å². The highest BCUT2D eigenvalue weighted by atomic mass is 35.5. The number of alkyl halides is 1. The number of ether oxygens (including phenoxy) is 1. The summed E-state index contributed by atoms with van der Waals surface area (Å²) in [5.41, 5.74) is 4.75. The van der Waals surface area contributed by atoms with Crippen molar-refractivity contribution in [2.24, 2.45) is 0 Å². The lowest BCUT2D eigenvalue weighted by Gasteiger charge is -2.20. The van der Waals surface area contributed by atoms with E-state index in [0.717, 1.165) is 15.3 Å². The third-order valence-electron chi connectivity index (χ3n) is 4.93. The number of nitrogens with one attached hydrogen (secondary N) is 1. The van der Waals surface area contributed by atoms with Crippen molar-refractivity contribution in [3.8, 4) is 5.75 Å². The minimum atomic E-state index is -1.72. The molecule has 1 fully saturated rings. The Morgan fingerprint density at radius 2 is 2.12 bits per heavy atom. The predicted molar refractivity (Wildman–Crippen MR) is 123 cm³/mol. The van der Waals surface area contributed by atoms with Crippen LogP contribution in [0.2, 0.25) is 5.02 Å². The van der Waals surface area contributed by atoms with E-state index < -0.39 is 32.7 Å². The number of nitrogens with two attached hydrogens (primary N) is 1. The number of carbonyl (C=O) groups excluding carboxylic acids is 1. The Balaban J connectivity index is 1.41. The molecule has 0 aliphatic carbocycles. The van der Waals surface area contributed by atoms with Gasteiger partial charge in [-0.1, -0.05) is 41.9 Å². The molecule has 174 valence electrons. The maximum atomic E-state index is 14.6. The molecular formula is C21H21ClFN4O5P. The van der Waals surface area contributed by atoms with Gasteiger partial charge in [0.25, 0.3) is 0 Å². The largest absolute Gasteiger partial charge is 0.436 e. The zero-order chi connectivity index (χ0) is 23.4. The molecule has 1 aromatic heterocycles. The van der Waals surface area contributed by atoms with Gasteiger partial charge in [0, 0.05) is 12.6 Å². The van der Waals surface area contributed by atoms with E-state index >= 15 is 0 Å². The summed E-state index contributed by atoms with van der Waals surface area (Å²) < 4.78 is 33.0. The van der Waals surface area contributed by atoms with Gasteiger partial charge in [0.05, 0.1) is 24.3 Å². The third-order valence-corrected chi connectivity index (χ3v) is 6.42. The fourth-order valence-corrected chi connectivity index (χ4v) is 4.57. The number of nitrogen functional groups attached to an aromatic ring is 1. The van der Waals surface area contributed by atoms with Crippen LogP contribution in [0.25, 0.3) is 10.8 Å². The lowest BCUT2D eigenvalue weighted by atomic mass is 10.1. The monoisotopic (exact) mass is 494 g/mol. The van der Waals surface area contributed by atoms with Gasteiger partial charge in [0.2, 0.25) is 0 Å². The van der Waals surface area contributed by atoms with Crippen molar-refractivity contribution in [2.75, 3.05) is 18.9 Å². The van der Waals surface area contributed by atoms with Crippen molar-refractivity contribution in [1.82, 2.24) is 14.6 Å². The fourth-order valence-electron chi connectivity index (χ4n) is 3.38. The quantitative estimate of drug-likeness (QED) is 0.343. The highest BCUT2D eigenvalue weighted by molar-refractivity contribution is 7.45. The van der Waals surface area contributed by atoms with E-state index in [0.29, 0.717) is 12.0 Å². The maximum absolute atomic E-state index is 14.6. The average molecular weight is 495 g/mol. The van der Waals surface area contributed by atoms with Crippen molar-refractivity contribution in [3.63, 3.8) is 0 Å².